The van der Waals surface area contributed by atoms with Gasteiger partial charge in [-0.2, -0.15) is 0 Å². The van der Waals surface area contributed by atoms with Crippen molar-refractivity contribution < 1.29 is 23.1 Å². The second-order valence-corrected chi connectivity index (χ2v) is 9.38. The topological polar surface area (TPSA) is 116 Å². The lowest BCUT2D eigenvalue weighted by Crippen LogP contribution is -2.44. The number of amides is 2. The number of aromatic hydroxyl groups is 1. The minimum absolute atomic E-state index is 0.0362. The molecule has 1 aromatic carbocycles. The Morgan fingerprint density at radius 1 is 1.14 bits per heavy atom. The molecule has 8 nitrogen and oxygen atoms in total. The van der Waals surface area contributed by atoms with Crippen LogP contribution in [0.5, 0.6) is 5.75 Å². The summed E-state index contributed by atoms with van der Waals surface area (Å²) in [6, 6.07) is 6.11. The molecule has 2 amide bonds. The third-order valence-electron chi connectivity index (χ3n) is 5.02. The highest BCUT2D eigenvalue weighted by Gasteiger charge is 2.30. The molecule has 3 N–H and O–H groups in total. The number of hydrogen-bond acceptors (Lipinski definition) is 5. The maximum Gasteiger partial charge on any atom is 0.251 e. The molecule has 1 aromatic rings. The van der Waals surface area contributed by atoms with Crippen molar-refractivity contribution in [2.24, 2.45) is 5.92 Å². The number of rotatable bonds is 10. The first-order valence-electron chi connectivity index (χ1n) is 10.2. The molecule has 162 valence electrons. The van der Waals surface area contributed by atoms with Gasteiger partial charge in [0.15, 0.2) is 0 Å². The fraction of sp³-hybridized carbons (Fsp3) is 0.600. The number of carbonyl (C=O) groups is 2. The van der Waals surface area contributed by atoms with Crippen LogP contribution in [-0.4, -0.2) is 61.6 Å². The molecule has 0 radical (unpaired) electrons. The summed E-state index contributed by atoms with van der Waals surface area (Å²) in [7, 11) is -3.21. The number of nitrogens with one attached hydrogen (secondary N) is 2. The van der Waals surface area contributed by atoms with E-state index in [1.54, 1.807) is 12.1 Å². The first kappa shape index (κ1) is 23.2. The van der Waals surface area contributed by atoms with Gasteiger partial charge in [-0.25, -0.2) is 12.7 Å². The van der Waals surface area contributed by atoms with Gasteiger partial charge in [0, 0.05) is 37.7 Å². The molecule has 0 saturated carbocycles. The zero-order chi connectivity index (χ0) is 21.3. The number of piperidine rings is 1. The average Bonchev–Trinajstić information content (AvgIpc) is 2.72. The van der Waals surface area contributed by atoms with Gasteiger partial charge in [-0.1, -0.05) is 19.4 Å². The van der Waals surface area contributed by atoms with Gasteiger partial charge in [0.05, 0.1) is 5.75 Å². The van der Waals surface area contributed by atoms with E-state index < -0.39 is 10.0 Å². The number of nitrogens with zero attached hydrogens (tertiary/aromatic N) is 1. The van der Waals surface area contributed by atoms with Crippen molar-refractivity contribution in [3.63, 3.8) is 0 Å². The van der Waals surface area contributed by atoms with Crippen LogP contribution in [-0.2, 0) is 14.8 Å². The van der Waals surface area contributed by atoms with Crippen molar-refractivity contribution in [1.82, 2.24) is 14.9 Å². The Labute approximate surface area is 172 Å². The van der Waals surface area contributed by atoms with Gasteiger partial charge in [-0.05, 0) is 43.9 Å². The molecule has 1 aliphatic heterocycles. The zero-order valence-corrected chi connectivity index (χ0v) is 17.7. The first-order valence-corrected chi connectivity index (χ1v) is 11.8. The Morgan fingerprint density at radius 2 is 1.83 bits per heavy atom. The van der Waals surface area contributed by atoms with E-state index in [1.807, 2.05) is 6.92 Å². The highest BCUT2D eigenvalue weighted by molar-refractivity contribution is 7.89. The lowest BCUT2D eigenvalue weighted by molar-refractivity contribution is -0.126. The van der Waals surface area contributed by atoms with E-state index in [4.69, 9.17) is 0 Å². The smallest absolute Gasteiger partial charge is 0.251 e. The molecular weight excluding hydrogens is 394 g/mol. The number of hydrogen-bond donors (Lipinski definition) is 3. The zero-order valence-electron chi connectivity index (χ0n) is 16.9. The molecule has 0 spiro atoms. The molecule has 0 aromatic heterocycles. The summed E-state index contributed by atoms with van der Waals surface area (Å²) < 4.78 is 25.9. The molecule has 0 bridgehead atoms. The van der Waals surface area contributed by atoms with Gasteiger partial charge in [-0.3, -0.25) is 9.59 Å². The van der Waals surface area contributed by atoms with Crippen molar-refractivity contribution >= 4 is 21.8 Å². The quantitative estimate of drug-likeness (QED) is 0.491. The van der Waals surface area contributed by atoms with Crippen LogP contribution in [0.15, 0.2) is 24.3 Å². The number of benzene rings is 1. The summed E-state index contributed by atoms with van der Waals surface area (Å²) >= 11 is 0. The van der Waals surface area contributed by atoms with E-state index in [9.17, 15) is 23.1 Å². The summed E-state index contributed by atoms with van der Waals surface area (Å²) in [6.07, 6.45) is 3.15. The molecular formula is C20H31N3O5S. The molecule has 29 heavy (non-hydrogen) atoms. The molecule has 0 atom stereocenters. The van der Waals surface area contributed by atoms with Crippen LogP contribution < -0.4 is 10.6 Å². The third-order valence-corrected chi connectivity index (χ3v) is 6.98. The largest absolute Gasteiger partial charge is 0.508 e. The monoisotopic (exact) mass is 425 g/mol. The number of phenolic OH excluding ortho intramolecular Hbond substituents is 1. The van der Waals surface area contributed by atoms with Crippen LogP contribution in [0.3, 0.4) is 0 Å². The fourth-order valence-corrected chi connectivity index (χ4v) is 4.93. The van der Waals surface area contributed by atoms with E-state index in [-0.39, 0.29) is 29.2 Å². The predicted molar refractivity (Wildman–Crippen MR) is 111 cm³/mol. The highest BCUT2D eigenvalue weighted by Crippen LogP contribution is 2.20. The number of carbonyl (C=O) groups excluding carboxylic acids is 2. The van der Waals surface area contributed by atoms with Crippen LogP contribution in [0.4, 0.5) is 0 Å². The second kappa shape index (κ2) is 11.2. The van der Waals surface area contributed by atoms with Gasteiger partial charge in [0.2, 0.25) is 15.9 Å². The predicted octanol–water partition coefficient (Wildman–Crippen LogP) is 1.47. The second-order valence-electron chi connectivity index (χ2n) is 7.29. The van der Waals surface area contributed by atoms with Crippen LogP contribution >= 0.6 is 0 Å². The molecule has 1 saturated heterocycles. The molecule has 9 heteroatoms. The summed E-state index contributed by atoms with van der Waals surface area (Å²) in [5.74, 6) is -0.295. The summed E-state index contributed by atoms with van der Waals surface area (Å²) in [5.41, 5.74) is 0.384. The summed E-state index contributed by atoms with van der Waals surface area (Å²) in [6.45, 7) is 3.59. The third kappa shape index (κ3) is 7.32. The Kier molecular flexibility index (Phi) is 8.91. The summed E-state index contributed by atoms with van der Waals surface area (Å²) in [5, 5.41) is 15.0. The van der Waals surface area contributed by atoms with E-state index in [0.717, 1.165) is 6.42 Å². The van der Waals surface area contributed by atoms with Crippen molar-refractivity contribution in [2.75, 3.05) is 31.9 Å². The Bertz CT molecular complexity index is 789. The maximum absolute atomic E-state index is 12.3. The van der Waals surface area contributed by atoms with Gasteiger partial charge >= 0.3 is 0 Å². The first-order chi connectivity index (χ1) is 13.8. The van der Waals surface area contributed by atoms with Crippen molar-refractivity contribution in [1.29, 1.82) is 0 Å². The standard InChI is InChI=1S/C20H31N3O5S/c1-2-3-14-29(27,28)23-12-8-16(9-13-23)19(25)21-10-5-11-22-20(26)17-6-4-7-18(24)15-17/h4,6-7,15-16,24H,2-3,5,8-14H2,1H3,(H,21,25)(H,22,26). The lowest BCUT2D eigenvalue weighted by atomic mass is 9.97. The molecule has 1 heterocycles. The molecule has 2 rings (SSSR count). The Balaban J connectivity index is 1.63. The van der Waals surface area contributed by atoms with E-state index >= 15 is 0 Å². The molecule has 1 fully saturated rings. The van der Waals surface area contributed by atoms with Gasteiger partial charge in [0.25, 0.3) is 5.91 Å². The Hall–Kier alpha value is -2.13. The van der Waals surface area contributed by atoms with Crippen LogP contribution in [0, 0.1) is 5.92 Å². The minimum atomic E-state index is -3.21. The molecule has 0 aliphatic carbocycles. The summed E-state index contributed by atoms with van der Waals surface area (Å²) in [4.78, 5) is 24.2. The highest BCUT2D eigenvalue weighted by atomic mass is 32.2. The number of phenols is 1. The number of unbranched alkanes of at least 4 members (excludes halogenated alkanes) is 1. The fourth-order valence-electron chi connectivity index (χ4n) is 3.25. The van der Waals surface area contributed by atoms with Gasteiger partial charge in [0.1, 0.15) is 5.75 Å². The number of sulfonamides is 1. The lowest BCUT2D eigenvalue weighted by Gasteiger charge is -2.30. The maximum atomic E-state index is 12.3. The average molecular weight is 426 g/mol. The van der Waals surface area contributed by atoms with Gasteiger partial charge in [-0.15, -0.1) is 0 Å². The van der Waals surface area contributed by atoms with E-state index in [2.05, 4.69) is 10.6 Å². The SMILES string of the molecule is CCCCS(=O)(=O)N1CCC(C(=O)NCCCNC(=O)c2cccc(O)c2)CC1. The normalized spacial score (nSPS) is 15.8. The molecule has 0 unspecified atom stereocenters. The van der Waals surface area contributed by atoms with Gasteiger partial charge < -0.3 is 15.7 Å². The Morgan fingerprint density at radius 3 is 2.48 bits per heavy atom. The van der Waals surface area contributed by atoms with Crippen LogP contribution in [0.2, 0.25) is 0 Å². The van der Waals surface area contributed by atoms with Crippen molar-refractivity contribution in [3.05, 3.63) is 29.8 Å². The molecule has 1 aliphatic rings. The van der Waals surface area contributed by atoms with Crippen LogP contribution in [0.1, 0.15) is 49.4 Å². The van der Waals surface area contributed by atoms with E-state index in [1.165, 1.54) is 16.4 Å². The minimum Gasteiger partial charge on any atom is -0.508 e. The van der Waals surface area contributed by atoms with Crippen LogP contribution in [0.25, 0.3) is 0 Å². The van der Waals surface area contributed by atoms with Crippen molar-refractivity contribution in [2.45, 2.75) is 39.0 Å². The van der Waals surface area contributed by atoms with E-state index in [0.29, 0.717) is 57.4 Å². The van der Waals surface area contributed by atoms with Crippen molar-refractivity contribution in [3.8, 4) is 5.75 Å².